The average molecular weight is 684 g/mol. The number of alkyl carbamates (subject to hydrolysis) is 1. The Kier molecular flexibility index (Phi) is 11.6. The van der Waals surface area contributed by atoms with Crippen molar-refractivity contribution in [3.05, 3.63) is 120 Å². The highest BCUT2D eigenvalue weighted by atomic mass is 31.2. The highest BCUT2D eigenvalue weighted by molar-refractivity contribution is 7.65. The first kappa shape index (κ1) is 35.4. The van der Waals surface area contributed by atoms with Gasteiger partial charge in [0.2, 0.25) is 5.91 Å². The van der Waals surface area contributed by atoms with Crippen LogP contribution >= 0.6 is 7.34 Å². The van der Waals surface area contributed by atoms with E-state index in [0.717, 1.165) is 38.4 Å². The molecule has 49 heavy (non-hydrogen) atoms. The van der Waals surface area contributed by atoms with Crippen molar-refractivity contribution < 1.29 is 34.0 Å². The van der Waals surface area contributed by atoms with E-state index in [-0.39, 0.29) is 37.2 Å². The van der Waals surface area contributed by atoms with Crippen LogP contribution in [0.1, 0.15) is 37.0 Å². The number of hydrogen-bond acceptors (Lipinski definition) is 6. The minimum absolute atomic E-state index is 0.0135. The Labute approximate surface area is 285 Å². The summed E-state index contributed by atoms with van der Waals surface area (Å²) in [5.41, 5.74) is 3.01. The standard InChI is InChI=1S/C38H42N3O7P/c1-25(2)18-31(36(42)40-34(37(43)44)21-30-22-39-33-15-9-8-14-32(30)33)24-49(46,47)35(41-38(45)48-23-26-10-4-3-5-11-26)20-27-16-17-28-12-6-7-13-29(28)19-27/h3-17,19,22,25,31,34,39,46-47H,18,20-21,23-24H2,1-2H3,(H,40,42)(H,41,45)(H,43,44)/t31?,34-/m0/s1. The molecule has 0 saturated heterocycles. The second-order valence-electron chi connectivity index (χ2n) is 12.7. The Morgan fingerprint density at radius 3 is 2.29 bits per heavy atom. The number of carboxylic acids is 1. The molecule has 0 radical (unpaired) electrons. The number of carbonyl (C=O) groups is 3. The number of nitrogens with one attached hydrogen (secondary N) is 3. The molecular weight excluding hydrogens is 641 g/mol. The lowest BCUT2D eigenvalue weighted by Crippen LogP contribution is -2.46. The molecule has 2 atom stereocenters. The van der Waals surface area contributed by atoms with Crippen molar-refractivity contribution in [2.24, 2.45) is 11.8 Å². The summed E-state index contributed by atoms with van der Waals surface area (Å²) in [7, 11) is -4.16. The number of carbonyl (C=O) groups excluding carboxylic acids is 2. The third-order valence-corrected chi connectivity index (χ3v) is 10.5. The highest BCUT2D eigenvalue weighted by Crippen LogP contribution is 2.43. The molecule has 5 aromatic rings. The van der Waals surface area contributed by atoms with Crippen LogP contribution in [0.25, 0.3) is 21.7 Å². The maximum absolute atomic E-state index is 13.8. The number of amides is 2. The van der Waals surface area contributed by atoms with Crippen molar-refractivity contribution in [1.82, 2.24) is 15.6 Å². The lowest BCUT2D eigenvalue weighted by atomic mass is 9.97. The van der Waals surface area contributed by atoms with Crippen molar-refractivity contribution in [3.8, 4) is 0 Å². The molecule has 5 rings (SSSR count). The van der Waals surface area contributed by atoms with E-state index in [4.69, 9.17) is 4.74 Å². The Morgan fingerprint density at radius 2 is 1.55 bits per heavy atom. The third-order valence-electron chi connectivity index (χ3n) is 8.39. The second-order valence-corrected chi connectivity index (χ2v) is 15.1. The molecule has 4 aromatic carbocycles. The molecule has 1 unspecified atom stereocenters. The number of aromatic nitrogens is 1. The molecule has 1 heterocycles. The van der Waals surface area contributed by atoms with E-state index in [1.165, 1.54) is 0 Å². The van der Waals surface area contributed by atoms with Crippen LogP contribution in [0.2, 0.25) is 0 Å². The lowest BCUT2D eigenvalue weighted by molar-refractivity contribution is -0.142. The van der Waals surface area contributed by atoms with E-state index in [1.807, 2.05) is 98.8 Å². The molecular formula is C38H42N3O7P. The molecule has 0 aliphatic carbocycles. The van der Waals surface area contributed by atoms with E-state index in [2.05, 4.69) is 15.6 Å². The highest BCUT2D eigenvalue weighted by Gasteiger charge is 2.32. The molecule has 0 aliphatic heterocycles. The van der Waals surface area contributed by atoms with Crippen LogP contribution in [-0.2, 0) is 33.8 Å². The first-order valence-electron chi connectivity index (χ1n) is 16.2. The summed E-state index contributed by atoms with van der Waals surface area (Å²) in [6.45, 7) is 3.77. The zero-order valence-electron chi connectivity index (χ0n) is 27.5. The first-order valence-corrected chi connectivity index (χ1v) is 18.1. The number of rotatable bonds is 14. The zero-order valence-corrected chi connectivity index (χ0v) is 28.4. The number of aromatic amines is 1. The fourth-order valence-corrected chi connectivity index (χ4v) is 7.80. The van der Waals surface area contributed by atoms with Crippen LogP contribution < -0.4 is 10.6 Å². The largest absolute Gasteiger partial charge is 0.480 e. The van der Waals surface area contributed by atoms with Gasteiger partial charge >= 0.3 is 12.1 Å². The molecule has 11 heteroatoms. The van der Waals surface area contributed by atoms with Gasteiger partial charge in [0.25, 0.3) is 0 Å². The van der Waals surface area contributed by atoms with Gasteiger partial charge in [0.05, 0.1) is 5.42 Å². The SMILES string of the molecule is CC(C)CC(CP(O)(O)=C(Cc1ccc2ccccc2c1)NC(=O)OCc1ccccc1)C(=O)N[C@@H](Cc1c[nH]c2ccccc12)C(=O)O. The molecule has 0 bridgehead atoms. The quantitative estimate of drug-likeness (QED) is 0.0757. The normalized spacial score (nSPS) is 12.8. The lowest BCUT2D eigenvalue weighted by Gasteiger charge is -2.27. The molecule has 6 N–H and O–H groups in total. The van der Waals surface area contributed by atoms with Gasteiger partial charge in [-0.1, -0.05) is 105 Å². The molecule has 10 nitrogen and oxygen atoms in total. The van der Waals surface area contributed by atoms with Crippen molar-refractivity contribution in [2.75, 3.05) is 6.16 Å². The molecule has 0 aliphatic rings. The summed E-state index contributed by atoms with van der Waals surface area (Å²) < 4.78 is 5.42. The van der Waals surface area contributed by atoms with Crippen LogP contribution in [0.3, 0.4) is 0 Å². The Balaban J connectivity index is 1.41. The zero-order chi connectivity index (χ0) is 35.0. The smallest absolute Gasteiger partial charge is 0.411 e. The number of H-pyrrole nitrogens is 1. The van der Waals surface area contributed by atoms with Crippen LogP contribution in [0.4, 0.5) is 4.79 Å². The number of fused-ring (bicyclic) bond motifs is 2. The Bertz CT molecular complexity index is 1980. The van der Waals surface area contributed by atoms with Gasteiger partial charge in [0.1, 0.15) is 20.0 Å². The van der Waals surface area contributed by atoms with E-state index < -0.39 is 43.4 Å². The fraction of sp³-hybridized carbons (Fsp3) is 0.263. The molecule has 0 fully saturated rings. The van der Waals surface area contributed by atoms with Crippen LogP contribution in [0.15, 0.2) is 103 Å². The number of ether oxygens (including phenoxy) is 1. The monoisotopic (exact) mass is 683 g/mol. The summed E-state index contributed by atoms with van der Waals surface area (Å²) in [6, 6.07) is 28.8. The van der Waals surface area contributed by atoms with E-state index in [1.54, 1.807) is 18.3 Å². The Morgan fingerprint density at radius 1 is 0.857 bits per heavy atom. The molecule has 0 spiro atoms. The average Bonchev–Trinajstić information content (AvgIpc) is 3.49. The van der Waals surface area contributed by atoms with Gasteiger partial charge in [-0.05, 0) is 45.9 Å². The van der Waals surface area contributed by atoms with Gasteiger partial charge in [-0.3, -0.25) is 10.1 Å². The van der Waals surface area contributed by atoms with E-state index in [0.29, 0.717) is 0 Å². The van der Waals surface area contributed by atoms with Crippen LogP contribution in [0.5, 0.6) is 0 Å². The maximum Gasteiger partial charge on any atom is 0.411 e. The third kappa shape index (κ3) is 9.60. The predicted octanol–water partition coefficient (Wildman–Crippen LogP) is 6.23. The summed E-state index contributed by atoms with van der Waals surface area (Å²) in [5.74, 6) is -2.80. The first-order chi connectivity index (χ1) is 23.5. The van der Waals surface area contributed by atoms with Gasteiger partial charge in [-0.15, -0.1) is 0 Å². The number of benzene rings is 4. The summed E-state index contributed by atoms with van der Waals surface area (Å²) in [4.78, 5) is 65.7. The summed E-state index contributed by atoms with van der Waals surface area (Å²) in [6.07, 6.45) is 0.759. The minimum atomic E-state index is -4.16. The Hall–Kier alpha value is -4.89. The van der Waals surface area contributed by atoms with Crippen LogP contribution in [0, 0.1) is 11.8 Å². The van der Waals surface area contributed by atoms with E-state index in [9.17, 15) is 29.3 Å². The predicted molar refractivity (Wildman–Crippen MR) is 193 cm³/mol. The molecule has 2 amide bonds. The van der Waals surface area contributed by atoms with Gasteiger partial charge in [0.15, 0.2) is 0 Å². The summed E-state index contributed by atoms with van der Waals surface area (Å²) in [5, 5.41) is 18.1. The van der Waals surface area contributed by atoms with Gasteiger partial charge in [-0.25, -0.2) is 9.59 Å². The topological polar surface area (TPSA) is 161 Å². The van der Waals surface area contributed by atoms with E-state index >= 15 is 0 Å². The second kappa shape index (κ2) is 16.0. The van der Waals surface area contributed by atoms with Crippen molar-refractivity contribution in [3.63, 3.8) is 0 Å². The van der Waals surface area contributed by atoms with Crippen molar-refractivity contribution in [1.29, 1.82) is 0 Å². The van der Waals surface area contributed by atoms with Crippen molar-refractivity contribution >= 4 is 52.4 Å². The van der Waals surface area contributed by atoms with Crippen molar-refractivity contribution in [2.45, 2.75) is 45.8 Å². The number of aliphatic carboxylic acids is 1. The van der Waals surface area contributed by atoms with Gasteiger partial charge in [0, 0.05) is 42.0 Å². The number of para-hydroxylation sites is 1. The minimum Gasteiger partial charge on any atom is -0.480 e. The fourth-order valence-electron chi connectivity index (χ4n) is 5.94. The van der Waals surface area contributed by atoms with Crippen LogP contribution in [-0.4, -0.2) is 55.5 Å². The number of hydrogen-bond donors (Lipinski definition) is 6. The number of carboxylic acid groups (broad SMARTS) is 1. The summed E-state index contributed by atoms with van der Waals surface area (Å²) >= 11 is 0. The maximum atomic E-state index is 13.8. The molecule has 256 valence electrons. The molecule has 0 saturated carbocycles. The molecule has 1 aromatic heterocycles. The van der Waals surface area contributed by atoms with Gasteiger partial charge < -0.3 is 29.9 Å². The van der Waals surface area contributed by atoms with Gasteiger partial charge in [-0.2, -0.15) is 0 Å².